The molecule has 0 aliphatic carbocycles. The number of carboxylic acid groups (broad SMARTS) is 1. The Balaban J connectivity index is 1.52. The average Bonchev–Trinajstić information content (AvgIpc) is 3.37. The Morgan fingerprint density at radius 2 is 1.64 bits per heavy atom. The van der Waals surface area contributed by atoms with Crippen molar-refractivity contribution < 1.29 is 19.1 Å². The molecule has 1 N–H and O–H groups in total. The van der Waals surface area contributed by atoms with E-state index in [9.17, 15) is 14.0 Å². The van der Waals surface area contributed by atoms with E-state index in [0.29, 0.717) is 12.1 Å². The third-order valence-corrected chi connectivity index (χ3v) is 6.61. The number of amides is 1. The first-order chi connectivity index (χ1) is 17.4. The summed E-state index contributed by atoms with van der Waals surface area (Å²) in [5.41, 5.74) is 4.31. The normalized spacial score (nSPS) is 10.7. The number of anilines is 1. The molecule has 1 heterocycles. The average molecular weight is 504 g/mol. The first kappa shape index (κ1) is 25.1. The maximum absolute atomic E-state index is 13.3. The Kier molecular flexibility index (Phi) is 8.07. The number of carbonyl (C=O) groups is 2. The Morgan fingerprint density at radius 1 is 0.944 bits per heavy atom. The largest absolute Gasteiger partial charge is 0.480 e. The van der Waals surface area contributed by atoms with Crippen molar-refractivity contribution in [2.75, 3.05) is 25.0 Å². The molecular weight excluding hydrogens is 477 g/mol. The molecule has 4 aromatic rings. The second-order valence-electron chi connectivity index (χ2n) is 8.43. The number of carboxylic acids is 1. The van der Waals surface area contributed by atoms with Crippen LogP contribution in [0.3, 0.4) is 0 Å². The molecule has 0 unspecified atom stereocenters. The summed E-state index contributed by atoms with van der Waals surface area (Å²) in [6.07, 6.45) is 0.836. The van der Waals surface area contributed by atoms with Crippen molar-refractivity contribution in [2.24, 2.45) is 0 Å². The third kappa shape index (κ3) is 6.55. The van der Waals surface area contributed by atoms with Crippen molar-refractivity contribution in [2.45, 2.75) is 13.0 Å². The molecule has 36 heavy (non-hydrogen) atoms. The van der Waals surface area contributed by atoms with Crippen LogP contribution in [0.5, 0.6) is 0 Å². The second kappa shape index (κ2) is 11.6. The smallest absolute Gasteiger partial charge is 0.323 e. The van der Waals surface area contributed by atoms with Gasteiger partial charge < -0.3 is 14.9 Å². The highest BCUT2D eigenvalue weighted by molar-refractivity contribution is 7.14. The van der Waals surface area contributed by atoms with E-state index in [-0.39, 0.29) is 18.3 Å². The van der Waals surface area contributed by atoms with Gasteiger partial charge in [0.1, 0.15) is 12.4 Å². The summed E-state index contributed by atoms with van der Waals surface area (Å²) in [7, 11) is 1.47. The molecule has 1 amide bonds. The molecule has 0 bridgehead atoms. The molecule has 0 radical (unpaired) electrons. The maximum Gasteiger partial charge on any atom is 0.323 e. The Labute approximate surface area is 213 Å². The fourth-order valence-corrected chi connectivity index (χ4v) is 4.64. The number of aromatic nitrogens is 1. The van der Waals surface area contributed by atoms with Gasteiger partial charge in [-0.15, -0.1) is 11.3 Å². The lowest BCUT2D eigenvalue weighted by molar-refractivity contribution is -0.137. The number of likely N-dealkylation sites (N-methyl/N-ethyl adjacent to an activating group) is 1. The number of benzene rings is 3. The van der Waals surface area contributed by atoms with Gasteiger partial charge in [0.2, 0.25) is 0 Å². The number of nitrogens with zero attached hydrogens (tertiary/aromatic N) is 3. The van der Waals surface area contributed by atoms with Crippen LogP contribution in [-0.2, 0) is 17.8 Å². The van der Waals surface area contributed by atoms with Gasteiger partial charge >= 0.3 is 5.97 Å². The lowest BCUT2D eigenvalue weighted by atomic mass is 10.1. The van der Waals surface area contributed by atoms with Crippen LogP contribution in [0, 0.1) is 5.82 Å². The zero-order valence-electron chi connectivity index (χ0n) is 19.8. The van der Waals surface area contributed by atoms with E-state index >= 15 is 0 Å². The summed E-state index contributed by atoms with van der Waals surface area (Å²) in [5, 5.41) is 11.8. The van der Waals surface area contributed by atoms with Gasteiger partial charge in [-0.3, -0.25) is 9.59 Å². The highest BCUT2D eigenvalue weighted by Gasteiger charge is 2.16. The predicted molar refractivity (Wildman–Crippen MR) is 140 cm³/mol. The van der Waals surface area contributed by atoms with E-state index in [0.717, 1.165) is 34.9 Å². The van der Waals surface area contributed by atoms with Crippen molar-refractivity contribution in [1.82, 2.24) is 9.88 Å². The van der Waals surface area contributed by atoms with Crippen LogP contribution in [0.15, 0.2) is 84.2 Å². The molecule has 0 spiro atoms. The summed E-state index contributed by atoms with van der Waals surface area (Å²) < 4.78 is 13.3. The highest BCUT2D eigenvalue weighted by Crippen LogP contribution is 2.29. The van der Waals surface area contributed by atoms with Crippen molar-refractivity contribution in [3.05, 3.63) is 107 Å². The highest BCUT2D eigenvalue weighted by atomic mass is 32.1. The molecule has 0 atom stereocenters. The van der Waals surface area contributed by atoms with Gasteiger partial charge in [-0.1, -0.05) is 42.5 Å². The summed E-state index contributed by atoms with van der Waals surface area (Å²) in [6.45, 7) is 0.972. The number of hydrogen-bond acceptors (Lipinski definition) is 5. The van der Waals surface area contributed by atoms with Crippen LogP contribution >= 0.6 is 11.3 Å². The molecule has 6 nitrogen and oxygen atoms in total. The van der Waals surface area contributed by atoms with E-state index in [2.05, 4.69) is 17.0 Å². The lowest BCUT2D eigenvalue weighted by Crippen LogP contribution is -2.31. The quantitative estimate of drug-likeness (QED) is 0.316. The molecule has 0 aliphatic rings. The summed E-state index contributed by atoms with van der Waals surface area (Å²) in [6, 6.07) is 23.7. The minimum atomic E-state index is -1.06. The minimum absolute atomic E-state index is 0.283. The fourth-order valence-electron chi connectivity index (χ4n) is 3.78. The summed E-state index contributed by atoms with van der Waals surface area (Å²) in [5.74, 6) is -1.68. The molecule has 3 aromatic carbocycles. The van der Waals surface area contributed by atoms with Crippen LogP contribution in [-0.4, -0.2) is 47.0 Å². The number of carbonyl (C=O) groups excluding carboxylic acids is 1. The van der Waals surface area contributed by atoms with Crippen LogP contribution < -0.4 is 4.90 Å². The summed E-state index contributed by atoms with van der Waals surface area (Å²) >= 11 is 1.53. The zero-order chi connectivity index (χ0) is 25.5. The number of thiazole rings is 1. The minimum Gasteiger partial charge on any atom is -0.480 e. The molecule has 8 heteroatoms. The van der Waals surface area contributed by atoms with E-state index < -0.39 is 5.97 Å². The van der Waals surface area contributed by atoms with Gasteiger partial charge in [-0.25, -0.2) is 9.37 Å². The van der Waals surface area contributed by atoms with Gasteiger partial charge in [0, 0.05) is 36.6 Å². The van der Waals surface area contributed by atoms with Gasteiger partial charge in [0.15, 0.2) is 5.13 Å². The van der Waals surface area contributed by atoms with Crippen molar-refractivity contribution in [3.63, 3.8) is 0 Å². The monoisotopic (exact) mass is 503 g/mol. The standard InChI is InChI=1S/C28H26FN3O3S/c1-31(18-26(33)34)27(35)23-9-7-21(8-10-23)17-32(16-15-20-5-3-2-4-6-20)28-30-25(19-36-28)22-11-13-24(29)14-12-22/h2-14,19H,15-18H2,1H3,(H,33,34). The fraction of sp³-hybridized carbons (Fsp3) is 0.179. The van der Waals surface area contributed by atoms with Crippen LogP contribution in [0.4, 0.5) is 9.52 Å². The van der Waals surface area contributed by atoms with Gasteiger partial charge in [0.05, 0.1) is 5.69 Å². The molecule has 0 saturated heterocycles. The van der Waals surface area contributed by atoms with E-state index in [1.54, 1.807) is 24.3 Å². The second-order valence-corrected chi connectivity index (χ2v) is 9.27. The van der Waals surface area contributed by atoms with Crippen molar-refractivity contribution >= 4 is 28.3 Å². The van der Waals surface area contributed by atoms with Crippen molar-refractivity contribution in [1.29, 1.82) is 0 Å². The number of hydrogen-bond donors (Lipinski definition) is 1. The van der Waals surface area contributed by atoms with Crippen LogP contribution in [0.25, 0.3) is 11.3 Å². The van der Waals surface area contributed by atoms with E-state index in [1.807, 2.05) is 35.7 Å². The topological polar surface area (TPSA) is 73.7 Å². The van der Waals surface area contributed by atoms with E-state index in [4.69, 9.17) is 10.1 Å². The number of rotatable bonds is 10. The predicted octanol–water partition coefficient (Wildman–Crippen LogP) is 5.36. The van der Waals surface area contributed by atoms with Crippen LogP contribution in [0.1, 0.15) is 21.5 Å². The molecule has 0 fully saturated rings. The van der Waals surface area contributed by atoms with Gasteiger partial charge in [-0.2, -0.15) is 0 Å². The molecule has 0 saturated carbocycles. The van der Waals surface area contributed by atoms with Crippen LogP contribution in [0.2, 0.25) is 0 Å². The molecule has 184 valence electrons. The first-order valence-electron chi connectivity index (χ1n) is 11.5. The number of aliphatic carboxylic acids is 1. The zero-order valence-corrected chi connectivity index (χ0v) is 20.6. The Hall–Kier alpha value is -4.04. The SMILES string of the molecule is CN(CC(=O)O)C(=O)c1ccc(CN(CCc2ccccc2)c2nc(-c3ccc(F)cc3)cs2)cc1. The van der Waals surface area contributed by atoms with E-state index in [1.165, 1.54) is 41.0 Å². The molecular formula is C28H26FN3O3S. The molecule has 1 aromatic heterocycles. The molecule has 4 rings (SSSR count). The first-order valence-corrected chi connectivity index (χ1v) is 12.3. The summed E-state index contributed by atoms with van der Waals surface area (Å²) in [4.78, 5) is 31.6. The van der Waals surface area contributed by atoms with Gasteiger partial charge in [0.25, 0.3) is 5.91 Å². The Morgan fingerprint density at radius 3 is 2.31 bits per heavy atom. The molecule has 0 aliphatic heterocycles. The number of halogens is 1. The maximum atomic E-state index is 13.3. The lowest BCUT2D eigenvalue weighted by Gasteiger charge is -2.22. The van der Waals surface area contributed by atoms with Crippen molar-refractivity contribution in [3.8, 4) is 11.3 Å². The Bertz CT molecular complexity index is 1310. The van der Waals surface area contributed by atoms with Gasteiger partial charge in [-0.05, 0) is 53.9 Å². The third-order valence-electron chi connectivity index (χ3n) is 5.71.